The number of carbonyl (C=O) groups is 1. The van der Waals surface area contributed by atoms with Crippen LogP contribution in [0.25, 0.3) is 0 Å². The molecule has 0 heterocycles. The lowest BCUT2D eigenvalue weighted by molar-refractivity contribution is -0.151. The first-order chi connectivity index (χ1) is 7.65. The maximum absolute atomic E-state index is 11.8. The van der Waals surface area contributed by atoms with Gasteiger partial charge in [0.2, 0.25) is 0 Å². The summed E-state index contributed by atoms with van der Waals surface area (Å²) in [5, 5.41) is 9.46. The van der Waals surface area contributed by atoms with E-state index in [2.05, 4.69) is 0 Å². The van der Waals surface area contributed by atoms with Crippen LogP contribution in [0.5, 0.6) is 0 Å². The van der Waals surface area contributed by atoms with Gasteiger partial charge in [-0.3, -0.25) is 4.79 Å². The van der Waals surface area contributed by atoms with Gasteiger partial charge in [0.25, 0.3) is 0 Å². The summed E-state index contributed by atoms with van der Waals surface area (Å²) >= 11 is 0. The molecule has 3 heteroatoms. The zero-order valence-electron chi connectivity index (χ0n) is 10.4. The molecule has 0 saturated heterocycles. The zero-order valence-corrected chi connectivity index (χ0v) is 10.4. The van der Waals surface area contributed by atoms with Gasteiger partial charge in [0, 0.05) is 0 Å². The van der Waals surface area contributed by atoms with Crippen LogP contribution in [0.4, 0.5) is 0 Å². The van der Waals surface area contributed by atoms with Gasteiger partial charge in [-0.15, -0.1) is 0 Å². The minimum atomic E-state index is -0.420. The summed E-state index contributed by atoms with van der Waals surface area (Å²) in [7, 11) is 0. The van der Waals surface area contributed by atoms with Gasteiger partial charge < -0.3 is 9.84 Å². The highest BCUT2D eigenvalue weighted by atomic mass is 16.5. The summed E-state index contributed by atoms with van der Waals surface area (Å²) in [6.45, 7) is 4.01. The molecule has 0 spiro atoms. The molecule has 0 bridgehead atoms. The van der Waals surface area contributed by atoms with Crippen molar-refractivity contribution < 1.29 is 14.6 Å². The topological polar surface area (TPSA) is 46.5 Å². The van der Waals surface area contributed by atoms with Gasteiger partial charge in [-0.1, -0.05) is 19.3 Å². The van der Waals surface area contributed by atoms with E-state index >= 15 is 0 Å². The molecule has 94 valence electrons. The molecule has 0 aromatic carbocycles. The maximum Gasteiger partial charge on any atom is 0.309 e. The van der Waals surface area contributed by atoms with Gasteiger partial charge in [0.05, 0.1) is 18.6 Å². The fourth-order valence-corrected chi connectivity index (χ4v) is 2.63. The molecule has 3 nitrogen and oxygen atoms in total. The largest absolute Gasteiger partial charge is 0.466 e. The van der Waals surface area contributed by atoms with E-state index in [1.54, 1.807) is 6.92 Å². The standard InChI is InChI=1S/C13H24O3/c1-3-16-13(15)12(9-10(2)14)11-7-5-4-6-8-11/h10-12,14H,3-9H2,1-2H3. The van der Waals surface area contributed by atoms with Crippen LogP contribution in [0.1, 0.15) is 52.4 Å². The summed E-state index contributed by atoms with van der Waals surface area (Å²) < 4.78 is 5.11. The third-order valence-electron chi connectivity index (χ3n) is 3.40. The zero-order chi connectivity index (χ0) is 12.0. The lowest BCUT2D eigenvalue weighted by Gasteiger charge is -2.29. The molecule has 1 aliphatic carbocycles. The lowest BCUT2D eigenvalue weighted by Crippen LogP contribution is -2.30. The van der Waals surface area contributed by atoms with E-state index in [0.29, 0.717) is 18.9 Å². The Morgan fingerprint density at radius 3 is 2.50 bits per heavy atom. The van der Waals surface area contributed by atoms with Crippen LogP contribution in [0, 0.1) is 11.8 Å². The lowest BCUT2D eigenvalue weighted by atomic mass is 9.78. The SMILES string of the molecule is CCOC(=O)C(CC(C)O)C1CCCCC1. The average molecular weight is 228 g/mol. The van der Waals surface area contributed by atoms with E-state index in [-0.39, 0.29) is 11.9 Å². The van der Waals surface area contributed by atoms with Gasteiger partial charge in [-0.2, -0.15) is 0 Å². The molecule has 0 aromatic heterocycles. The van der Waals surface area contributed by atoms with Crippen LogP contribution < -0.4 is 0 Å². The second-order valence-corrected chi connectivity index (χ2v) is 4.84. The molecule has 1 aliphatic rings. The minimum absolute atomic E-state index is 0.0970. The summed E-state index contributed by atoms with van der Waals surface area (Å²) in [6, 6.07) is 0. The van der Waals surface area contributed by atoms with Gasteiger partial charge in [0.1, 0.15) is 0 Å². The van der Waals surface area contributed by atoms with Crippen molar-refractivity contribution in [3.8, 4) is 0 Å². The van der Waals surface area contributed by atoms with Gasteiger partial charge in [-0.05, 0) is 39.0 Å². The Morgan fingerprint density at radius 1 is 1.38 bits per heavy atom. The first kappa shape index (κ1) is 13.5. The number of ether oxygens (including phenoxy) is 1. The molecule has 0 aromatic rings. The van der Waals surface area contributed by atoms with Crippen molar-refractivity contribution in [1.29, 1.82) is 0 Å². The number of carbonyl (C=O) groups excluding carboxylic acids is 1. The van der Waals surface area contributed by atoms with Crippen molar-refractivity contribution in [1.82, 2.24) is 0 Å². The number of esters is 1. The van der Waals surface area contributed by atoms with E-state index in [4.69, 9.17) is 4.74 Å². The molecule has 16 heavy (non-hydrogen) atoms. The van der Waals surface area contributed by atoms with E-state index in [1.165, 1.54) is 19.3 Å². The third-order valence-corrected chi connectivity index (χ3v) is 3.40. The Morgan fingerprint density at radius 2 is 2.00 bits per heavy atom. The highest BCUT2D eigenvalue weighted by Crippen LogP contribution is 2.33. The van der Waals surface area contributed by atoms with Crippen LogP contribution in [0.15, 0.2) is 0 Å². The van der Waals surface area contributed by atoms with E-state index in [9.17, 15) is 9.90 Å². The van der Waals surface area contributed by atoms with E-state index in [1.807, 2.05) is 6.92 Å². The Bertz CT molecular complexity index is 207. The monoisotopic (exact) mass is 228 g/mol. The smallest absolute Gasteiger partial charge is 0.309 e. The Hall–Kier alpha value is -0.570. The first-order valence-electron chi connectivity index (χ1n) is 6.49. The Labute approximate surface area is 98.2 Å². The van der Waals surface area contributed by atoms with Gasteiger partial charge in [0.15, 0.2) is 0 Å². The minimum Gasteiger partial charge on any atom is -0.466 e. The van der Waals surface area contributed by atoms with Crippen LogP contribution in [-0.4, -0.2) is 23.8 Å². The summed E-state index contributed by atoms with van der Waals surface area (Å²) in [4.78, 5) is 11.8. The molecule has 1 rings (SSSR count). The number of hydrogen-bond donors (Lipinski definition) is 1. The molecular formula is C13H24O3. The number of aliphatic hydroxyl groups is 1. The second kappa shape index (κ2) is 6.89. The second-order valence-electron chi connectivity index (χ2n) is 4.84. The summed E-state index contributed by atoms with van der Waals surface area (Å²) in [5.41, 5.74) is 0. The summed E-state index contributed by atoms with van der Waals surface area (Å²) in [5.74, 6) is 0.206. The predicted molar refractivity (Wildman–Crippen MR) is 63.0 cm³/mol. The molecule has 0 aliphatic heterocycles. The molecule has 1 saturated carbocycles. The average Bonchev–Trinajstić information content (AvgIpc) is 2.27. The molecule has 2 atom stereocenters. The molecule has 2 unspecified atom stereocenters. The molecular weight excluding hydrogens is 204 g/mol. The summed E-state index contributed by atoms with van der Waals surface area (Å²) in [6.07, 6.45) is 6.04. The Kier molecular flexibility index (Phi) is 5.81. The molecule has 0 radical (unpaired) electrons. The molecule has 1 N–H and O–H groups in total. The van der Waals surface area contributed by atoms with Crippen LogP contribution in [0.2, 0.25) is 0 Å². The van der Waals surface area contributed by atoms with E-state index < -0.39 is 6.10 Å². The van der Waals surface area contributed by atoms with Crippen molar-refractivity contribution in [3.63, 3.8) is 0 Å². The third kappa shape index (κ3) is 4.12. The predicted octanol–water partition coefficient (Wildman–Crippen LogP) is 2.52. The fourth-order valence-electron chi connectivity index (χ4n) is 2.63. The Balaban J connectivity index is 2.57. The van der Waals surface area contributed by atoms with Crippen LogP contribution in [-0.2, 0) is 9.53 Å². The van der Waals surface area contributed by atoms with Crippen molar-refractivity contribution in [3.05, 3.63) is 0 Å². The molecule has 0 amide bonds. The van der Waals surface area contributed by atoms with Crippen LogP contribution >= 0.6 is 0 Å². The highest BCUT2D eigenvalue weighted by molar-refractivity contribution is 5.72. The number of aliphatic hydroxyl groups excluding tert-OH is 1. The van der Waals surface area contributed by atoms with Crippen LogP contribution in [0.3, 0.4) is 0 Å². The molecule has 1 fully saturated rings. The van der Waals surface area contributed by atoms with Crippen molar-refractivity contribution in [2.75, 3.05) is 6.61 Å². The number of hydrogen-bond acceptors (Lipinski definition) is 3. The van der Waals surface area contributed by atoms with Crippen molar-refractivity contribution in [2.45, 2.75) is 58.5 Å². The maximum atomic E-state index is 11.8. The van der Waals surface area contributed by atoms with E-state index in [0.717, 1.165) is 12.8 Å². The highest BCUT2D eigenvalue weighted by Gasteiger charge is 2.31. The van der Waals surface area contributed by atoms with Gasteiger partial charge >= 0.3 is 5.97 Å². The van der Waals surface area contributed by atoms with Gasteiger partial charge in [-0.25, -0.2) is 0 Å². The number of rotatable bonds is 5. The normalized spacial score (nSPS) is 21.4. The van der Waals surface area contributed by atoms with Crippen molar-refractivity contribution in [2.24, 2.45) is 11.8 Å². The first-order valence-corrected chi connectivity index (χ1v) is 6.49. The fraction of sp³-hybridized carbons (Fsp3) is 0.923. The van der Waals surface area contributed by atoms with Crippen molar-refractivity contribution >= 4 is 5.97 Å². The quantitative estimate of drug-likeness (QED) is 0.735.